The maximum atomic E-state index is 11.9. The summed E-state index contributed by atoms with van der Waals surface area (Å²) in [6, 6.07) is -1.28. The summed E-state index contributed by atoms with van der Waals surface area (Å²) in [6.45, 7) is 0.465. The standard InChI is InChI=1S/C9H12N2O4S/c12-7(5-4-16-9(15)10-5)11-3-1-2-6(11)8(13)14/h5-6H,1-4H2,(H,10,15)(H,13,14)/t5?,6-/m1/s1. The molecule has 2 amide bonds. The molecule has 0 spiro atoms. The Balaban J connectivity index is 2.03. The van der Waals surface area contributed by atoms with Crippen molar-refractivity contribution >= 4 is 28.9 Å². The van der Waals surface area contributed by atoms with E-state index in [-0.39, 0.29) is 11.1 Å². The molecular formula is C9H12N2O4S. The van der Waals surface area contributed by atoms with Crippen molar-refractivity contribution in [2.24, 2.45) is 0 Å². The summed E-state index contributed by atoms with van der Waals surface area (Å²) < 4.78 is 0. The third-order valence-corrected chi connectivity index (χ3v) is 3.67. The Bertz CT molecular complexity index is 346. The van der Waals surface area contributed by atoms with E-state index in [2.05, 4.69) is 5.32 Å². The summed E-state index contributed by atoms with van der Waals surface area (Å²) in [7, 11) is 0. The number of carbonyl (C=O) groups is 3. The van der Waals surface area contributed by atoms with Crippen molar-refractivity contribution in [1.82, 2.24) is 10.2 Å². The molecule has 2 fully saturated rings. The SMILES string of the molecule is O=C1NC(C(=O)N2CCC[C@@H]2C(=O)O)CS1. The van der Waals surface area contributed by atoms with Crippen LogP contribution < -0.4 is 5.32 Å². The lowest BCUT2D eigenvalue weighted by Gasteiger charge is -2.24. The molecule has 1 unspecified atom stereocenters. The van der Waals surface area contributed by atoms with Gasteiger partial charge in [0.1, 0.15) is 12.1 Å². The van der Waals surface area contributed by atoms with Gasteiger partial charge >= 0.3 is 5.97 Å². The molecule has 16 heavy (non-hydrogen) atoms. The van der Waals surface area contributed by atoms with E-state index >= 15 is 0 Å². The Kier molecular flexibility index (Phi) is 3.04. The fourth-order valence-corrected chi connectivity index (χ4v) is 2.77. The third-order valence-electron chi connectivity index (χ3n) is 2.79. The number of thioether (sulfide) groups is 1. The zero-order valence-electron chi connectivity index (χ0n) is 8.51. The second kappa shape index (κ2) is 4.32. The van der Waals surface area contributed by atoms with E-state index in [9.17, 15) is 14.4 Å². The van der Waals surface area contributed by atoms with Crippen LogP contribution in [0.3, 0.4) is 0 Å². The molecule has 2 rings (SSSR count). The highest BCUT2D eigenvalue weighted by Crippen LogP contribution is 2.21. The molecule has 2 saturated heterocycles. The van der Waals surface area contributed by atoms with Gasteiger partial charge in [0.25, 0.3) is 5.24 Å². The van der Waals surface area contributed by atoms with E-state index in [4.69, 9.17) is 5.11 Å². The van der Waals surface area contributed by atoms with Crippen LogP contribution in [0, 0.1) is 0 Å². The van der Waals surface area contributed by atoms with Crippen molar-refractivity contribution in [1.29, 1.82) is 0 Å². The van der Waals surface area contributed by atoms with E-state index in [0.717, 1.165) is 11.8 Å². The van der Waals surface area contributed by atoms with Crippen molar-refractivity contribution in [2.75, 3.05) is 12.3 Å². The van der Waals surface area contributed by atoms with Gasteiger partial charge in [-0.05, 0) is 12.8 Å². The van der Waals surface area contributed by atoms with Crippen LogP contribution in [0.15, 0.2) is 0 Å². The van der Waals surface area contributed by atoms with Crippen LogP contribution in [0.4, 0.5) is 4.79 Å². The Labute approximate surface area is 96.4 Å². The number of hydrogen-bond donors (Lipinski definition) is 2. The van der Waals surface area contributed by atoms with Crippen LogP contribution in [0.2, 0.25) is 0 Å². The molecule has 0 aliphatic carbocycles. The molecule has 0 radical (unpaired) electrons. The van der Waals surface area contributed by atoms with Crippen molar-refractivity contribution in [3.63, 3.8) is 0 Å². The van der Waals surface area contributed by atoms with E-state index in [1.54, 1.807) is 0 Å². The largest absolute Gasteiger partial charge is 0.480 e. The van der Waals surface area contributed by atoms with Gasteiger partial charge in [-0.1, -0.05) is 11.8 Å². The summed E-state index contributed by atoms with van der Waals surface area (Å²) >= 11 is 1.06. The highest BCUT2D eigenvalue weighted by molar-refractivity contribution is 8.14. The van der Waals surface area contributed by atoms with Gasteiger partial charge in [-0.3, -0.25) is 9.59 Å². The number of hydrogen-bond acceptors (Lipinski definition) is 4. The quantitative estimate of drug-likeness (QED) is 0.707. The minimum absolute atomic E-state index is 0.218. The first-order valence-electron chi connectivity index (χ1n) is 5.06. The summed E-state index contributed by atoms with van der Waals surface area (Å²) in [5, 5.41) is 11.3. The predicted octanol–water partition coefficient (Wildman–Crippen LogP) is -0.113. The lowest BCUT2D eigenvalue weighted by molar-refractivity contribution is -0.148. The molecule has 6 nitrogen and oxygen atoms in total. The first-order valence-corrected chi connectivity index (χ1v) is 6.04. The molecular weight excluding hydrogens is 232 g/mol. The summed E-state index contributed by atoms with van der Waals surface area (Å²) in [4.78, 5) is 35.2. The molecule has 2 heterocycles. The third kappa shape index (κ3) is 1.99. The molecule has 7 heteroatoms. The van der Waals surface area contributed by atoms with Crippen molar-refractivity contribution in [3.05, 3.63) is 0 Å². The number of aliphatic carboxylic acids is 1. The molecule has 2 aliphatic rings. The fourth-order valence-electron chi connectivity index (χ4n) is 2.01. The summed E-state index contributed by atoms with van der Waals surface area (Å²) in [5.74, 6) is -0.855. The van der Waals surface area contributed by atoms with Crippen molar-refractivity contribution in [2.45, 2.75) is 24.9 Å². The number of carboxylic acid groups (broad SMARTS) is 1. The minimum atomic E-state index is -0.970. The van der Waals surface area contributed by atoms with E-state index in [1.165, 1.54) is 4.90 Å². The van der Waals surface area contributed by atoms with Crippen molar-refractivity contribution in [3.8, 4) is 0 Å². The normalized spacial score (nSPS) is 29.2. The van der Waals surface area contributed by atoms with Crippen LogP contribution in [0.25, 0.3) is 0 Å². The minimum Gasteiger partial charge on any atom is -0.480 e. The maximum absolute atomic E-state index is 11.9. The Morgan fingerprint density at radius 2 is 2.25 bits per heavy atom. The van der Waals surface area contributed by atoms with Gasteiger partial charge in [-0.25, -0.2) is 4.79 Å². The van der Waals surface area contributed by atoms with Crippen molar-refractivity contribution < 1.29 is 19.5 Å². The number of rotatable bonds is 2. The van der Waals surface area contributed by atoms with Gasteiger partial charge in [0.2, 0.25) is 5.91 Å². The molecule has 0 aromatic rings. The Hall–Kier alpha value is -1.24. The molecule has 0 saturated carbocycles. The highest BCUT2D eigenvalue weighted by atomic mass is 32.2. The monoisotopic (exact) mass is 244 g/mol. The molecule has 2 N–H and O–H groups in total. The number of nitrogens with zero attached hydrogens (tertiary/aromatic N) is 1. The van der Waals surface area contributed by atoms with E-state index in [0.29, 0.717) is 25.1 Å². The van der Waals surface area contributed by atoms with Gasteiger partial charge in [0, 0.05) is 12.3 Å². The average molecular weight is 244 g/mol. The zero-order valence-corrected chi connectivity index (χ0v) is 9.33. The smallest absolute Gasteiger partial charge is 0.326 e. The number of likely N-dealkylation sites (tertiary alicyclic amines) is 1. The van der Waals surface area contributed by atoms with E-state index in [1.807, 2.05) is 0 Å². The second-order valence-electron chi connectivity index (χ2n) is 3.82. The maximum Gasteiger partial charge on any atom is 0.326 e. The Morgan fingerprint density at radius 3 is 2.81 bits per heavy atom. The number of nitrogens with one attached hydrogen (secondary N) is 1. The molecule has 0 aromatic carbocycles. The number of amides is 2. The molecule has 2 aliphatic heterocycles. The van der Waals surface area contributed by atoms with Crippen LogP contribution in [-0.2, 0) is 9.59 Å². The average Bonchev–Trinajstić information content (AvgIpc) is 2.84. The molecule has 2 atom stereocenters. The van der Waals surface area contributed by atoms with Crippen LogP contribution in [-0.4, -0.2) is 51.5 Å². The molecule has 0 bridgehead atoms. The Morgan fingerprint density at radius 1 is 1.50 bits per heavy atom. The van der Waals surface area contributed by atoms with Gasteiger partial charge in [0.15, 0.2) is 0 Å². The second-order valence-corrected chi connectivity index (χ2v) is 4.82. The van der Waals surface area contributed by atoms with Gasteiger partial charge in [-0.2, -0.15) is 0 Å². The molecule has 0 aromatic heterocycles. The zero-order chi connectivity index (χ0) is 11.7. The van der Waals surface area contributed by atoms with Crippen LogP contribution >= 0.6 is 11.8 Å². The fraction of sp³-hybridized carbons (Fsp3) is 0.667. The lowest BCUT2D eigenvalue weighted by Crippen LogP contribution is -2.49. The predicted molar refractivity (Wildman–Crippen MR) is 57.1 cm³/mol. The van der Waals surface area contributed by atoms with Crippen LogP contribution in [0.1, 0.15) is 12.8 Å². The molecule has 88 valence electrons. The topological polar surface area (TPSA) is 86.7 Å². The lowest BCUT2D eigenvalue weighted by atomic mass is 10.2. The highest BCUT2D eigenvalue weighted by Gasteiger charge is 2.39. The first kappa shape index (κ1) is 11.3. The first-order chi connectivity index (χ1) is 7.59. The van der Waals surface area contributed by atoms with Gasteiger partial charge in [-0.15, -0.1) is 0 Å². The summed E-state index contributed by atoms with van der Waals surface area (Å²) in [5.41, 5.74) is 0. The van der Waals surface area contributed by atoms with Crippen LogP contribution in [0.5, 0.6) is 0 Å². The van der Waals surface area contributed by atoms with E-state index < -0.39 is 18.1 Å². The summed E-state index contributed by atoms with van der Waals surface area (Å²) in [6.07, 6.45) is 1.20. The number of carboxylic acids is 1. The van der Waals surface area contributed by atoms with Gasteiger partial charge in [0.05, 0.1) is 0 Å². The van der Waals surface area contributed by atoms with Gasteiger partial charge < -0.3 is 15.3 Å². The number of carbonyl (C=O) groups excluding carboxylic acids is 2.